The second-order valence-electron chi connectivity index (χ2n) is 5.81. The number of carbonyl (C=O) groups is 3. The van der Waals surface area contributed by atoms with Gasteiger partial charge in [-0.1, -0.05) is 34.1 Å². The van der Waals surface area contributed by atoms with Crippen LogP contribution >= 0.6 is 15.9 Å². The summed E-state index contributed by atoms with van der Waals surface area (Å²) < 4.78 is 0.925. The third-order valence-corrected chi connectivity index (χ3v) is 4.20. The number of carbonyl (C=O) groups excluding carboxylic acids is 3. The number of nitrogens with zero attached hydrogens (tertiary/aromatic N) is 1. The van der Waals surface area contributed by atoms with Gasteiger partial charge in [-0.05, 0) is 42.8 Å². The minimum absolute atomic E-state index is 0.102. The smallest absolute Gasteiger partial charge is 0.251 e. The Morgan fingerprint density at radius 1 is 1.08 bits per heavy atom. The molecule has 2 N–H and O–H groups in total. The molecule has 0 atom stereocenters. The van der Waals surface area contributed by atoms with Crippen molar-refractivity contribution in [3.05, 3.63) is 64.1 Å². The Morgan fingerprint density at radius 2 is 1.77 bits per heavy atom. The second-order valence-corrected chi connectivity index (χ2v) is 6.72. The van der Waals surface area contributed by atoms with Crippen LogP contribution < -0.4 is 10.6 Å². The SMILES string of the molecule is Cc1cc(Br)ccc1NC(=O)CN(C)C(=O)CNC(=O)c1ccccc1. The maximum absolute atomic E-state index is 12.1. The molecule has 136 valence electrons. The minimum atomic E-state index is -0.350. The quantitative estimate of drug-likeness (QED) is 0.757. The van der Waals surface area contributed by atoms with Crippen LogP contribution in [-0.2, 0) is 9.59 Å². The molecule has 3 amide bonds. The zero-order valence-electron chi connectivity index (χ0n) is 14.6. The normalized spacial score (nSPS) is 10.1. The van der Waals surface area contributed by atoms with Crippen molar-refractivity contribution in [2.24, 2.45) is 0 Å². The van der Waals surface area contributed by atoms with Crippen molar-refractivity contribution in [1.82, 2.24) is 10.2 Å². The molecule has 0 spiro atoms. The van der Waals surface area contributed by atoms with Crippen LogP contribution in [0, 0.1) is 6.92 Å². The molecule has 0 unspecified atom stereocenters. The molecule has 2 rings (SSSR count). The van der Waals surface area contributed by atoms with E-state index in [-0.39, 0.29) is 30.8 Å². The fourth-order valence-electron chi connectivity index (χ4n) is 2.24. The first-order valence-electron chi connectivity index (χ1n) is 8.00. The van der Waals surface area contributed by atoms with Crippen LogP contribution in [-0.4, -0.2) is 42.8 Å². The number of amides is 3. The number of likely N-dealkylation sites (N-methyl/N-ethyl adjacent to an activating group) is 1. The molecule has 26 heavy (non-hydrogen) atoms. The van der Waals surface area contributed by atoms with Crippen LogP contribution in [0.3, 0.4) is 0 Å². The topological polar surface area (TPSA) is 78.5 Å². The van der Waals surface area contributed by atoms with E-state index < -0.39 is 0 Å². The van der Waals surface area contributed by atoms with Crippen molar-refractivity contribution in [1.29, 1.82) is 0 Å². The fourth-order valence-corrected chi connectivity index (χ4v) is 2.72. The van der Waals surface area contributed by atoms with Gasteiger partial charge in [-0.3, -0.25) is 14.4 Å². The number of hydrogen-bond donors (Lipinski definition) is 2. The molecule has 0 aliphatic heterocycles. The molecule has 0 radical (unpaired) electrons. The van der Waals surface area contributed by atoms with E-state index >= 15 is 0 Å². The van der Waals surface area contributed by atoms with Crippen molar-refractivity contribution in [2.75, 3.05) is 25.5 Å². The molecule has 0 saturated heterocycles. The molecule has 0 heterocycles. The summed E-state index contributed by atoms with van der Waals surface area (Å²) in [7, 11) is 1.52. The number of nitrogens with one attached hydrogen (secondary N) is 2. The van der Waals surface area contributed by atoms with Crippen LogP contribution in [0.15, 0.2) is 53.0 Å². The molecule has 0 fully saturated rings. The van der Waals surface area contributed by atoms with Crippen molar-refractivity contribution in [3.8, 4) is 0 Å². The average molecular weight is 418 g/mol. The van der Waals surface area contributed by atoms with Gasteiger partial charge in [0.05, 0.1) is 13.1 Å². The zero-order chi connectivity index (χ0) is 19.1. The van der Waals surface area contributed by atoms with Crippen LogP contribution in [0.25, 0.3) is 0 Å². The summed E-state index contributed by atoms with van der Waals surface area (Å²) in [5.41, 5.74) is 2.08. The summed E-state index contributed by atoms with van der Waals surface area (Å²) in [6.45, 7) is 1.61. The first-order valence-corrected chi connectivity index (χ1v) is 8.79. The Bertz CT molecular complexity index is 809. The largest absolute Gasteiger partial charge is 0.343 e. The van der Waals surface area contributed by atoms with Gasteiger partial charge in [0.1, 0.15) is 0 Å². The number of hydrogen-bond acceptors (Lipinski definition) is 3. The van der Waals surface area contributed by atoms with E-state index in [1.165, 1.54) is 11.9 Å². The van der Waals surface area contributed by atoms with Gasteiger partial charge < -0.3 is 15.5 Å². The third kappa shape index (κ3) is 5.70. The van der Waals surface area contributed by atoms with E-state index in [4.69, 9.17) is 0 Å². The van der Waals surface area contributed by atoms with Crippen molar-refractivity contribution in [2.45, 2.75) is 6.92 Å². The molecule has 2 aromatic rings. The highest BCUT2D eigenvalue weighted by Crippen LogP contribution is 2.19. The summed E-state index contributed by atoms with van der Waals surface area (Å²) in [5.74, 6) is -0.986. The monoisotopic (exact) mass is 417 g/mol. The third-order valence-electron chi connectivity index (χ3n) is 3.71. The van der Waals surface area contributed by atoms with Crippen molar-refractivity contribution in [3.63, 3.8) is 0 Å². The number of anilines is 1. The number of rotatable bonds is 6. The fraction of sp³-hybridized carbons (Fsp3) is 0.211. The minimum Gasteiger partial charge on any atom is -0.343 e. The lowest BCUT2D eigenvalue weighted by atomic mass is 10.2. The molecular formula is C19H20BrN3O3. The molecule has 2 aromatic carbocycles. The van der Waals surface area contributed by atoms with Gasteiger partial charge in [0.25, 0.3) is 5.91 Å². The molecule has 0 bridgehead atoms. The van der Waals surface area contributed by atoms with Crippen LogP contribution in [0.5, 0.6) is 0 Å². The van der Waals surface area contributed by atoms with E-state index in [0.717, 1.165) is 10.0 Å². The van der Waals surface area contributed by atoms with Gasteiger partial charge in [-0.2, -0.15) is 0 Å². The van der Waals surface area contributed by atoms with Gasteiger partial charge in [-0.25, -0.2) is 0 Å². The lowest BCUT2D eigenvalue weighted by Crippen LogP contribution is -2.41. The summed E-state index contributed by atoms with van der Waals surface area (Å²) >= 11 is 3.37. The Kier molecular flexibility index (Phi) is 6.91. The van der Waals surface area contributed by atoms with Crippen LogP contribution in [0.2, 0.25) is 0 Å². The Balaban J connectivity index is 1.82. The summed E-state index contributed by atoms with van der Waals surface area (Å²) in [6.07, 6.45) is 0. The maximum atomic E-state index is 12.1. The van der Waals surface area contributed by atoms with Gasteiger partial charge in [-0.15, -0.1) is 0 Å². The summed E-state index contributed by atoms with van der Waals surface area (Å²) in [4.78, 5) is 37.4. The highest BCUT2D eigenvalue weighted by atomic mass is 79.9. The summed E-state index contributed by atoms with van der Waals surface area (Å²) in [5, 5.41) is 5.32. The number of halogens is 1. The Labute approximate surface area is 160 Å². The van der Waals surface area contributed by atoms with Crippen molar-refractivity contribution >= 4 is 39.3 Å². The van der Waals surface area contributed by atoms with Gasteiger partial charge in [0, 0.05) is 22.8 Å². The predicted octanol–water partition coefficient (Wildman–Crippen LogP) is 2.58. The Morgan fingerprint density at radius 3 is 2.42 bits per heavy atom. The molecule has 0 aliphatic carbocycles. The molecule has 7 heteroatoms. The van der Waals surface area contributed by atoms with E-state index in [1.807, 2.05) is 25.1 Å². The summed E-state index contributed by atoms with van der Waals surface area (Å²) in [6, 6.07) is 14.1. The van der Waals surface area contributed by atoms with E-state index in [0.29, 0.717) is 11.3 Å². The molecule has 0 aliphatic rings. The van der Waals surface area contributed by atoms with Gasteiger partial charge >= 0.3 is 0 Å². The highest BCUT2D eigenvalue weighted by molar-refractivity contribution is 9.10. The van der Waals surface area contributed by atoms with E-state index in [2.05, 4.69) is 26.6 Å². The molecule has 0 saturated carbocycles. The maximum Gasteiger partial charge on any atom is 0.251 e. The second kappa shape index (κ2) is 9.15. The average Bonchev–Trinajstić information content (AvgIpc) is 2.62. The van der Waals surface area contributed by atoms with E-state index in [1.54, 1.807) is 30.3 Å². The standard InChI is InChI=1S/C19H20BrN3O3/c1-13-10-15(20)8-9-16(13)22-17(24)12-23(2)18(25)11-21-19(26)14-6-4-3-5-7-14/h3-10H,11-12H2,1-2H3,(H,21,26)(H,22,24). The van der Waals surface area contributed by atoms with Gasteiger partial charge in [0.2, 0.25) is 11.8 Å². The highest BCUT2D eigenvalue weighted by Gasteiger charge is 2.15. The lowest BCUT2D eigenvalue weighted by Gasteiger charge is -2.17. The first-order chi connectivity index (χ1) is 12.4. The molecular weight excluding hydrogens is 398 g/mol. The molecule has 6 nitrogen and oxygen atoms in total. The van der Waals surface area contributed by atoms with Gasteiger partial charge in [0.15, 0.2) is 0 Å². The lowest BCUT2D eigenvalue weighted by molar-refractivity contribution is -0.132. The first kappa shape index (κ1) is 19.7. The Hall–Kier alpha value is -2.67. The van der Waals surface area contributed by atoms with Crippen LogP contribution in [0.1, 0.15) is 15.9 Å². The number of benzene rings is 2. The number of aryl methyl sites for hydroxylation is 1. The van der Waals surface area contributed by atoms with Crippen LogP contribution in [0.4, 0.5) is 5.69 Å². The van der Waals surface area contributed by atoms with E-state index in [9.17, 15) is 14.4 Å². The van der Waals surface area contributed by atoms with Crippen molar-refractivity contribution < 1.29 is 14.4 Å². The predicted molar refractivity (Wildman–Crippen MR) is 104 cm³/mol. The zero-order valence-corrected chi connectivity index (χ0v) is 16.2. The molecule has 0 aromatic heterocycles.